The van der Waals surface area contributed by atoms with E-state index in [1.807, 2.05) is 58.0 Å². The van der Waals surface area contributed by atoms with Gasteiger partial charge in [0.05, 0.1) is 5.41 Å². The summed E-state index contributed by atoms with van der Waals surface area (Å²) < 4.78 is 0. The quantitative estimate of drug-likeness (QED) is 0.607. The number of carbonyl (C=O) groups is 2. The number of pyridine rings is 3. The molecule has 158 valence electrons. The smallest absolute Gasteiger partial charge is 0.236 e. The lowest BCUT2D eigenvalue weighted by molar-refractivity contribution is -0.120. The molecule has 3 aromatic rings. The summed E-state index contributed by atoms with van der Waals surface area (Å²) in [6.45, 7) is 7.92. The molecule has 1 aliphatic rings. The molecule has 0 saturated heterocycles. The number of nitrogens with zero attached hydrogens (tertiary/aromatic N) is 3. The number of carbonyl (C=O) groups excluding carboxylic acids is 2. The predicted octanol–water partition coefficient (Wildman–Crippen LogP) is 4.32. The SMILES string of the molecule is Cc1cc(C)nc(CCC(=O)c2ccc([C@@H](C)[C@@]3(C)C(=O)Nc4ncccc43)cn2)c1. The summed E-state index contributed by atoms with van der Waals surface area (Å²) in [5, 5.41) is 2.88. The van der Waals surface area contributed by atoms with Crippen molar-refractivity contribution in [3.8, 4) is 0 Å². The van der Waals surface area contributed by atoms with E-state index < -0.39 is 5.41 Å². The van der Waals surface area contributed by atoms with Crippen LogP contribution in [-0.2, 0) is 16.6 Å². The third-order valence-electron chi connectivity index (χ3n) is 6.27. The van der Waals surface area contributed by atoms with Crippen molar-refractivity contribution in [1.82, 2.24) is 15.0 Å². The van der Waals surface area contributed by atoms with E-state index in [0.717, 1.165) is 28.1 Å². The zero-order chi connectivity index (χ0) is 22.2. The van der Waals surface area contributed by atoms with Crippen LogP contribution in [0.3, 0.4) is 0 Å². The molecule has 1 amide bonds. The van der Waals surface area contributed by atoms with Crippen LogP contribution < -0.4 is 5.32 Å². The summed E-state index contributed by atoms with van der Waals surface area (Å²) in [6.07, 6.45) is 4.32. The van der Waals surface area contributed by atoms with E-state index in [1.165, 1.54) is 0 Å². The molecule has 1 aliphatic heterocycles. The third kappa shape index (κ3) is 3.85. The lowest BCUT2D eigenvalue weighted by Crippen LogP contribution is -2.36. The van der Waals surface area contributed by atoms with Gasteiger partial charge in [-0.1, -0.05) is 19.1 Å². The van der Waals surface area contributed by atoms with E-state index in [-0.39, 0.29) is 17.6 Å². The van der Waals surface area contributed by atoms with Crippen molar-refractivity contribution in [3.05, 3.63) is 82.6 Å². The Kier molecular flexibility index (Phi) is 5.39. The van der Waals surface area contributed by atoms with Gasteiger partial charge in [-0.3, -0.25) is 19.6 Å². The van der Waals surface area contributed by atoms with Crippen molar-refractivity contribution in [3.63, 3.8) is 0 Å². The van der Waals surface area contributed by atoms with Gasteiger partial charge in [0.25, 0.3) is 0 Å². The zero-order valence-electron chi connectivity index (χ0n) is 18.3. The molecule has 31 heavy (non-hydrogen) atoms. The summed E-state index contributed by atoms with van der Waals surface area (Å²) in [4.78, 5) is 38.6. The molecule has 0 aliphatic carbocycles. The van der Waals surface area contributed by atoms with Gasteiger partial charge in [0.2, 0.25) is 5.91 Å². The average Bonchev–Trinajstić information content (AvgIpc) is 3.02. The molecule has 0 saturated carbocycles. The molecule has 0 spiro atoms. The van der Waals surface area contributed by atoms with Gasteiger partial charge in [-0.2, -0.15) is 0 Å². The van der Waals surface area contributed by atoms with Crippen LogP contribution in [0.5, 0.6) is 0 Å². The number of hydrogen-bond acceptors (Lipinski definition) is 5. The molecule has 1 N–H and O–H groups in total. The van der Waals surface area contributed by atoms with Crippen LogP contribution in [0, 0.1) is 13.8 Å². The Morgan fingerprint density at radius 1 is 1.16 bits per heavy atom. The lowest BCUT2D eigenvalue weighted by Gasteiger charge is -2.29. The number of aromatic nitrogens is 3. The molecule has 4 rings (SSSR count). The zero-order valence-corrected chi connectivity index (χ0v) is 18.3. The molecule has 3 aromatic heterocycles. The summed E-state index contributed by atoms with van der Waals surface area (Å²) in [7, 11) is 0. The maximum Gasteiger partial charge on any atom is 0.236 e. The number of ketones is 1. The minimum Gasteiger partial charge on any atom is -0.310 e. The van der Waals surface area contributed by atoms with Crippen LogP contribution in [-0.4, -0.2) is 26.6 Å². The van der Waals surface area contributed by atoms with Crippen molar-refractivity contribution >= 4 is 17.5 Å². The second-order valence-electron chi connectivity index (χ2n) is 8.45. The normalized spacial score (nSPS) is 18.4. The molecule has 0 aromatic carbocycles. The van der Waals surface area contributed by atoms with Gasteiger partial charge in [0.15, 0.2) is 5.78 Å². The van der Waals surface area contributed by atoms with Crippen LogP contribution in [0.15, 0.2) is 48.8 Å². The molecule has 2 atom stereocenters. The van der Waals surface area contributed by atoms with Crippen molar-refractivity contribution in [2.75, 3.05) is 5.32 Å². The number of amides is 1. The van der Waals surface area contributed by atoms with E-state index in [1.54, 1.807) is 18.5 Å². The number of rotatable bonds is 6. The molecular formula is C25H26N4O2. The average molecular weight is 415 g/mol. The maximum absolute atomic E-state index is 12.8. The fourth-order valence-corrected chi connectivity index (χ4v) is 4.30. The molecule has 0 bridgehead atoms. The van der Waals surface area contributed by atoms with Gasteiger partial charge < -0.3 is 5.32 Å². The number of aryl methyl sites for hydroxylation is 3. The van der Waals surface area contributed by atoms with Gasteiger partial charge in [-0.05, 0) is 62.6 Å². The Labute approximate surface area is 182 Å². The van der Waals surface area contributed by atoms with Crippen molar-refractivity contribution in [2.45, 2.75) is 51.9 Å². The topological polar surface area (TPSA) is 84.8 Å². The van der Waals surface area contributed by atoms with E-state index >= 15 is 0 Å². The Bertz CT molecular complexity index is 1140. The van der Waals surface area contributed by atoms with Gasteiger partial charge in [0.1, 0.15) is 11.5 Å². The fraction of sp³-hybridized carbons (Fsp3) is 0.320. The molecule has 0 radical (unpaired) electrons. The maximum atomic E-state index is 12.8. The first-order valence-electron chi connectivity index (χ1n) is 10.5. The second-order valence-corrected chi connectivity index (χ2v) is 8.45. The predicted molar refractivity (Wildman–Crippen MR) is 119 cm³/mol. The number of anilines is 1. The van der Waals surface area contributed by atoms with Crippen molar-refractivity contribution in [2.24, 2.45) is 0 Å². The monoisotopic (exact) mass is 414 g/mol. The molecule has 4 heterocycles. The van der Waals surface area contributed by atoms with E-state index in [2.05, 4.69) is 20.3 Å². The third-order valence-corrected chi connectivity index (χ3v) is 6.27. The summed E-state index contributed by atoms with van der Waals surface area (Å²) in [5.41, 5.74) is 4.50. The minimum atomic E-state index is -0.745. The Hall–Kier alpha value is -3.41. The van der Waals surface area contributed by atoms with Gasteiger partial charge >= 0.3 is 0 Å². The molecule has 6 nitrogen and oxygen atoms in total. The van der Waals surface area contributed by atoms with Crippen LogP contribution in [0.4, 0.5) is 5.82 Å². The lowest BCUT2D eigenvalue weighted by atomic mass is 9.71. The molecular weight excluding hydrogens is 388 g/mol. The fourth-order valence-electron chi connectivity index (χ4n) is 4.30. The van der Waals surface area contributed by atoms with Crippen LogP contribution in [0.25, 0.3) is 0 Å². The standard InChI is InChI=1S/C25H26N4O2/c1-15-12-16(2)28-19(13-15)8-10-22(30)21-9-7-18(14-27-21)17(3)25(4)20-6-5-11-26-23(20)29-24(25)31/h5-7,9,11-14,17H,8,10H2,1-4H3,(H,26,29,31)/t17-,25-/m1/s1. The Balaban J connectivity index is 1.49. The van der Waals surface area contributed by atoms with Crippen LogP contribution >= 0.6 is 0 Å². The number of Topliss-reactive ketones (excluding diaryl/α,β-unsaturated/α-hetero) is 1. The largest absolute Gasteiger partial charge is 0.310 e. The van der Waals surface area contributed by atoms with Gasteiger partial charge in [-0.25, -0.2) is 4.98 Å². The van der Waals surface area contributed by atoms with Crippen LogP contribution in [0.2, 0.25) is 0 Å². The first-order chi connectivity index (χ1) is 14.8. The molecule has 6 heteroatoms. The number of fused-ring (bicyclic) bond motifs is 1. The van der Waals surface area contributed by atoms with Gasteiger partial charge in [-0.15, -0.1) is 0 Å². The van der Waals surface area contributed by atoms with Gasteiger partial charge in [0, 0.05) is 41.7 Å². The highest BCUT2D eigenvalue weighted by Crippen LogP contribution is 2.45. The summed E-state index contributed by atoms with van der Waals surface area (Å²) >= 11 is 0. The highest BCUT2D eigenvalue weighted by Gasteiger charge is 2.47. The second kappa shape index (κ2) is 8.02. The summed E-state index contributed by atoms with van der Waals surface area (Å²) in [6, 6.07) is 11.5. The number of hydrogen-bond donors (Lipinski definition) is 1. The minimum absolute atomic E-state index is 0.0143. The van der Waals surface area contributed by atoms with E-state index in [0.29, 0.717) is 24.4 Å². The number of nitrogens with one attached hydrogen (secondary N) is 1. The first kappa shape index (κ1) is 20.8. The van der Waals surface area contributed by atoms with Crippen molar-refractivity contribution in [1.29, 1.82) is 0 Å². The van der Waals surface area contributed by atoms with E-state index in [4.69, 9.17) is 0 Å². The summed E-state index contributed by atoms with van der Waals surface area (Å²) in [5.74, 6) is 0.394. The highest BCUT2D eigenvalue weighted by molar-refractivity contribution is 6.05. The first-order valence-corrected chi connectivity index (χ1v) is 10.5. The van der Waals surface area contributed by atoms with Crippen molar-refractivity contribution < 1.29 is 9.59 Å². The highest BCUT2D eigenvalue weighted by atomic mass is 16.2. The Morgan fingerprint density at radius 3 is 2.68 bits per heavy atom. The molecule has 0 unspecified atom stereocenters. The Morgan fingerprint density at radius 2 is 1.97 bits per heavy atom. The molecule has 0 fully saturated rings. The van der Waals surface area contributed by atoms with E-state index in [9.17, 15) is 9.59 Å². The van der Waals surface area contributed by atoms with Crippen LogP contribution in [0.1, 0.15) is 64.8 Å².